The Balaban J connectivity index is 2.15. The quantitative estimate of drug-likeness (QED) is 0.630. The fraction of sp³-hybridized carbons (Fsp3) is 0.900. The lowest BCUT2D eigenvalue weighted by atomic mass is 9.89. The second kappa shape index (κ2) is 5.20. The summed E-state index contributed by atoms with van der Waals surface area (Å²) in [4.78, 5) is 11.2. The van der Waals surface area contributed by atoms with Gasteiger partial charge in [0.1, 0.15) is 0 Å². The Kier molecular flexibility index (Phi) is 4.20. The highest BCUT2D eigenvalue weighted by molar-refractivity contribution is 5.73. The molecule has 0 spiro atoms. The number of hydrogen-bond acceptors (Lipinski definition) is 2. The normalized spacial score (nSPS) is 19.3. The average molecular weight is 200 g/mol. The van der Waals surface area contributed by atoms with E-state index in [-0.39, 0.29) is 18.1 Å². The van der Waals surface area contributed by atoms with E-state index in [1.54, 1.807) is 0 Å². The van der Waals surface area contributed by atoms with Gasteiger partial charge in [-0.25, -0.2) is 4.79 Å². The lowest BCUT2D eigenvalue weighted by Gasteiger charge is -2.23. The Bertz CT molecular complexity index is 189. The van der Waals surface area contributed by atoms with Crippen LogP contribution in [0.15, 0.2) is 0 Å². The predicted octanol–water partition coefficient (Wildman–Crippen LogP) is 0.858. The van der Waals surface area contributed by atoms with Crippen LogP contribution in [0.5, 0.6) is 0 Å². The molecule has 0 aliphatic heterocycles. The van der Waals surface area contributed by atoms with Crippen molar-refractivity contribution in [2.24, 2.45) is 5.41 Å². The maximum Gasteiger partial charge on any atom is 0.314 e. The molecule has 2 amide bonds. The molecule has 0 aromatic rings. The van der Waals surface area contributed by atoms with Gasteiger partial charge in [0.15, 0.2) is 0 Å². The van der Waals surface area contributed by atoms with Crippen LogP contribution in [0, 0.1) is 5.41 Å². The first-order valence-electron chi connectivity index (χ1n) is 5.29. The number of amides is 2. The molecule has 4 nitrogen and oxygen atoms in total. The third kappa shape index (κ3) is 3.54. The van der Waals surface area contributed by atoms with E-state index >= 15 is 0 Å². The molecule has 1 aliphatic carbocycles. The van der Waals surface area contributed by atoms with E-state index in [4.69, 9.17) is 5.11 Å². The molecule has 0 atom stereocenters. The van der Waals surface area contributed by atoms with Crippen molar-refractivity contribution in [2.45, 2.75) is 32.6 Å². The molecule has 0 bridgehead atoms. The summed E-state index contributed by atoms with van der Waals surface area (Å²) in [6, 6.07) is -0.174. The minimum atomic E-state index is -0.174. The Morgan fingerprint density at radius 1 is 1.36 bits per heavy atom. The van der Waals surface area contributed by atoms with Crippen LogP contribution >= 0.6 is 0 Å². The second-order valence-corrected chi connectivity index (χ2v) is 4.35. The van der Waals surface area contributed by atoms with Gasteiger partial charge in [-0.15, -0.1) is 0 Å². The Hall–Kier alpha value is -0.770. The molecule has 0 saturated heterocycles. The van der Waals surface area contributed by atoms with Crippen LogP contribution in [0.4, 0.5) is 4.79 Å². The number of carbonyl (C=O) groups excluding carboxylic acids is 1. The summed E-state index contributed by atoms with van der Waals surface area (Å²) < 4.78 is 0. The molecular formula is C10H20N2O2. The van der Waals surface area contributed by atoms with Crippen molar-refractivity contribution >= 4 is 6.03 Å². The molecule has 0 aromatic heterocycles. The zero-order valence-corrected chi connectivity index (χ0v) is 8.81. The summed E-state index contributed by atoms with van der Waals surface area (Å²) in [5.41, 5.74) is 0.288. The first-order valence-corrected chi connectivity index (χ1v) is 5.29. The largest absolute Gasteiger partial charge is 0.395 e. The van der Waals surface area contributed by atoms with E-state index in [1.807, 2.05) is 0 Å². The number of rotatable bonds is 4. The van der Waals surface area contributed by atoms with Crippen molar-refractivity contribution < 1.29 is 9.90 Å². The maximum absolute atomic E-state index is 11.2. The monoisotopic (exact) mass is 200 g/mol. The fourth-order valence-electron chi connectivity index (χ4n) is 1.93. The Morgan fingerprint density at radius 3 is 2.57 bits per heavy atom. The molecule has 0 aromatic carbocycles. The van der Waals surface area contributed by atoms with Gasteiger partial charge in [0.05, 0.1) is 6.61 Å². The lowest BCUT2D eigenvalue weighted by Crippen LogP contribution is -2.41. The highest BCUT2D eigenvalue weighted by Crippen LogP contribution is 2.36. The van der Waals surface area contributed by atoms with E-state index in [1.165, 1.54) is 25.7 Å². The molecule has 1 fully saturated rings. The van der Waals surface area contributed by atoms with E-state index in [0.717, 1.165) is 6.54 Å². The van der Waals surface area contributed by atoms with Crippen LogP contribution in [-0.2, 0) is 0 Å². The average Bonchev–Trinajstić information content (AvgIpc) is 2.60. The molecular weight excluding hydrogens is 180 g/mol. The zero-order chi connectivity index (χ0) is 10.4. The van der Waals surface area contributed by atoms with E-state index < -0.39 is 0 Å². The van der Waals surface area contributed by atoms with Crippen LogP contribution in [0.1, 0.15) is 32.6 Å². The summed E-state index contributed by atoms with van der Waals surface area (Å²) in [6.07, 6.45) is 4.95. The van der Waals surface area contributed by atoms with Crippen LogP contribution in [-0.4, -0.2) is 30.8 Å². The molecule has 1 saturated carbocycles. The molecule has 0 heterocycles. The minimum absolute atomic E-state index is 0.00924. The standard InChI is InChI=1S/C10H20N2O2/c1-10(4-2-3-5-10)8-12-9(14)11-6-7-13/h13H,2-8H2,1H3,(H2,11,12,14). The third-order valence-corrected chi connectivity index (χ3v) is 2.88. The van der Waals surface area contributed by atoms with Gasteiger partial charge in [-0.3, -0.25) is 0 Å². The molecule has 0 radical (unpaired) electrons. The van der Waals surface area contributed by atoms with Crippen molar-refractivity contribution in [1.29, 1.82) is 0 Å². The number of hydrogen-bond donors (Lipinski definition) is 3. The topological polar surface area (TPSA) is 61.4 Å². The van der Waals surface area contributed by atoms with Gasteiger partial charge in [-0.05, 0) is 18.3 Å². The van der Waals surface area contributed by atoms with Gasteiger partial charge < -0.3 is 15.7 Å². The summed E-state index contributed by atoms with van der Waals surface area (Å²) in [5.74, 6) is 0. The molecule has 3 N–H and O–H groups in total. The van der Waals surface area contributed by atoms with E-state index in [2.05, 4.69) is 17.6 Å². The Labute approximate surface area is 85.1 Å². The number of urea groups is 1. The van der Waals surface area contributed by atoms with Gasteiger partial charge in [-0.1, -0.05) is 19.8 Å². The molecule has 82 valence electrons. The molecule has 4 heteroatoms. The van der Waals surface area contributed by atoms with Crippen LogP contribution in [0.25, 0.3) is 0 Å². The van der Waals surface area contributed by atoms with Crippen LogP contribution < -0.4 is 10.6 Å². The lowest BCUT2D eigenvalue weighted by molar-refractivity contribution is 0.226. The highest BCUT2D eigenvalue weighted by atomic mass is 16.3. The van der Waals surface area contributed by atoms with E-state index in [9.17, 15) is 4.79 Å². The predicted molar refractivity (Wildman–Crippen MR) is 55.1 cm³/mol. The highest BCUT2D eigenvalue weighted by Gasteiger charge is 2.28. The van der Waals surface area contributed by atoms with E-state index in [0.29, 0.717) is 6.54 Å². The molecule has 14 heavy (non-hydrogen) atoms. The summed E-state index contributed by atoms with van der Waals surface area (Å²) in [7, 11) is 0. The first kappa shape index (κ1) is 11.3. The minimum Gasteiger partial charge on any atom is -0.395 e. The van der Waals surface area contributed by atoms with Crippen molar-refractivity contribution in [1.82, 2.24) is 10.6 Å². The summed E-state index contributed by atoms with van der Waals surface area (Å²) in [5, 5.41) is 13.9. The van der Waals surface area contributed by atoms with Gasteiger partial charge >= 0.3 is 6.03 Å². The number of nitrogens with one attached hydrogen (secondary N) is 2. The van der Waals surface area contributed by atoms with Crippen LogP contribution in [0.2, 0.25) is 0 Å². The maximum atomic E-state index is 11.2. The summed E-state index contributed by atoms with van der Waals surface area (Å²) >= 11 is 0. The molecule has 1 rings (SSSR count). The molecule has 1 aliphatic rings. The third-order valence-electron chi connectivity index (χ3n) is 2.88. The number of aliphatic hydroxyl groups is 1. The van der Waals surface area contributed by atoms with Crippen molar-refractivity contribution in [2.75, 3.05) is 19.7 Å². The van der Waals surface area contributed by atoms with Gasteiger partial charge in [0.25, 0.3) is 0 Å². The van der Waals surface area contributed by atoms with Crippen molar-refractivity contribution in [3.8, 4) is 0 Å². The number of carbonyl (C=O) groups is 1. The SMILES string of the molecule is CC1(CNC(=O)NCCO)CCCC1. The first-order chi connectivity index (χ1) is 6.66. The summed E-state index contributed by atoms with van der Waals surface area (Å²) in [6.45, 7) is 3.27. The Morgan fingerprint density at radius 2 is 2.00 bits per heavy atom. The van der Waals surface area contributed by atoms with Gasteiger partial charge in [0.2, 0.25) is 0 Å². The van der Waals surface area contributed by atoms with Crippen molar-refractivity contribution in [3.05, 3.63) is 0 Å². The molecule has 0 unspecified atom stereocenters. The van der Waals surface area contributed by atoms with Crippen molar-refractivity contribution in [3.63, 3.8) is 0 Å². The van der Waals surface area contributed by atoms with Gasteiger partial charge in [0, 0.05) is 13.1 Å². The second-order valence-electron chi connectivity index (χ2n) is 4.35. The number of aliphatic hydroxyl groups excluding tert-OH is 1. The smallest absolute Gasteiger partial charge is 0.314 e. The van der Waals surface area contributed by atoms with Gasteiger partial charge in [-0.2, -0.15) is 0 Å². The fourth-order valence-corrected chi connectivity index (χ4v) is 1.93. The van der Waals surface area contributed by atoms with Crippen LogP contribution in [0.3, 0.4) is 0 Å². The zero-order valence-electron chi connectivity index (χ0n) is 8.81.